The number of rotatable bonds is 2. The Labute approximate surface area is 83.2 Å². The first kappa shape index (κ1) is 9.52. The van der Waals surface area contributed by atoms with Crippen molar-refractivity contribution in [2.24, 2.45) is 0 Å². The van der Waals surface area contributed by atoms with Crippen molar-refractivity contribution in [1.29, 1.82) is 0 Å². The van der Waals surface area contributed by atoms with Gasteiger partial charge in [-0.25, -0.2) is 4.79 Å². The fourth-order valence-corrected chi connectivity index (χ4v) is 2.37. The molecule has 0 bridgehead atoms. The van der Waals surface area contributed by atoms with E-state index in [-0.39, 0.29) is 24.8 Å². The molecule has 2 unspecified atom stereocenters. The van der Waals surface area contributed by atoms with Crippen LogP contribution in [0.3, 0.4) is 0 Å². The van der Waals surface area contributed by atoms with Crippen molar-refractivity contribution in [1.82, 2.24) is 4.90 Å². The van der Waals surface area contributed by atoms with Crippen LogP contribution in [0.2, 0.25) is 0 Å². The van der Waals surface area contributed by atoms with Gasteiger partial charge in [0.05, 0.1) is 12.6 Å². The van der Waals surface area contributed by atoms with Gasteiger partial charge in [0.1, 0.15) is 6.10 Å². The van der Waals surface area contributed by atoms with Crippen molar-refractivity contribution in [2.45, 2.75) is 38.8 Å². The van der Waals surface area contributed by atoms with E-state index in [9.17, 15) is 4.79 Å². The highest BCUT2D eigenvalue weighted by atomic mass is 16.6. The summed E-state index contributed by atoms with van der Waals surface area (Å²) in [6.45, 7) is 3.98. The van der Waals surface area contributed by atoms with Crippen LogP contribution in [-0.4, -0.2) is 34.9 Å². The third-order valence-corrected chi connectivity index (χ3v) is 3.02. The highest BCUT2D eigenvalue weighted by molar-refractivity contribution is 5.74. The second-order valence-electron chi connectivity index (χ2n) is 3.83. The van der Waals surface area contributed by atoms with Gasteiger partial charge in [-0.15, -0.1) is 0 Å². The minimum Gasteiger partial charge on any atom is -0.441 e. The molecule has 0 aromatic rings. The lowest BCUT2D eigenvalue weighted by atomic mass is 10.1. The maximum Gasteiger partial charge on any atom is 0.414 e. The second-order valence-corrected chi connectivity index (χ2v) is 3.83. The standard InChI is InChI=1S/C10H15NO3/c1-3-7-6(2)4-8-9(5-12)14-10(13)11(7)8/h8-9,12H,3-5H2,1-2H3. The molecule has 0 saturated carbocycles. The number of hydrogen-bond donors (Lipinski definition) is 1. The molecule has 0 aromatic heterocycles. The molecule has 78 valence electrons. The summed E-state index contributed by atoms with van der Waals surface area (Å²) in [4.78, 5) is 13.2. The van der Waals surface area contributed by atoms with E-state index >= 15 is 0 Å². The number of carbonyl (C=O) groups excluding carboxylic acids is 1. The number of aliphatic hydroxyl groups excluding tert-OH is 1. The third-order valence-electron chi connectivity index (χ3n) is 3.02. The molecular weight excluding hydrogens is 182 g/mol. The minimum absolute atomic E-state index is 0.0300. The molecule has 1 N–H and O–H groups in total. The molecule has 4 heteroatoms. The van der Waals surface area contributed by atoms with Crippen LogP contribution in [0.1, 0.15) is 26.7 Å². The Balaban J connectivity index is 2.27. The summed E-state index contributed by atoms with van der Waals surface area (Å²) in [5.41, 5.74) is 2.31. The first-order valence-electron chi connectivity index (χ1n) is 4.98. The molecule has 14 heavy (non-hydrogen) atoms. The monoisotopic (exact) mass is 197 g/mol. The van der Waals surface area contributed by atoms with Gasteiger partial charge in [-0.2, -0.15) is 0 Å². The SMILES string of the molecule is CCC1=C(C)CC2C(CO)OC(=O)N12. The molecule has 0 spiro atoms. The van der Waals surface area contributed by atoms with Crippen molar-refractivity contribution in [2.75, 3.05) is 6.61 Å². The molecule has 0 aliphatic carbocycles. The van der Waals surface area contributed by atoms with Crippen LogP contribution in [0.4, 0.5) is 4.79 Å². The van der Waals surface area contributed by atoms with E-state index in [0.29, 0.717) is 0 Å². The van der Waals surface area contributed by atoms with Crippen molar-refractivity contribution in [3.05, 3.63) is 11.3 Å². The van der Waals surface area contributed by atoms with E-state index in [1.165, 1.54) is 5.57 Å². The number of allylic oxidation sites excluding steroid dienone is 1. The predicted molar refractivity (Wildman–Crippen MR) is 50.6 cm³/mol. The van der Waals surface area contributed by atoms with E-state index < -0.39 is 0 Å². The molecule has 2 aliphatic rings. The highest BCUT2D eigenvalue weighted by Crippen LogP contribution is 2.37. The van der Waals surface area contributed by atoms with Gasteiger partial charge in [-0.05, 0) is 19.8 Å². The van der Waals surface area contributed by atoms with E-state index in [0.717, 1.165) is 18.5 Å². The number of hydrogen-bond acceptors (Lipinski definition) is 3. The topological polar surface area (TPSA) is 49.8 Å². The predicted octanol–water partition coefficient (Wildman–Crippen LogP) is 1.26. The van der Waals surface area contributed by atoms with Crippen molar-refractivity contribution >= 4 is 6.09 Å². The normalized spacial score (nSPS) is 31.1. The quantitative estimate of drug-likeness (QED) is 0.725. The lowest BCUT2D eigenvalue weighted by Crippen LogP contribution is -2.32. The number of fused-ring (bicyclic) bond motifs is 1. The van der Waals surface area contributed by atoms with Crippen LogP contribution in [0.5, 0.6) is 0 Å². The van der Waals surface area contributed by atoms with E-state index in [4.69, 9.17) is 9.84 Å². The second kappa shape index (κ2) is 3.28. The van der Waals surface area contributed by atoms with Gasteiger partial charge in [0.2, 0.25) is 0 Å². The van der Waals surface area contributed by atoms with Gasteiger partial charge in [0.25, 0.3) is 0 Å². The van der Waals surface area contributed by atoms with Crippen LogP contribution in [-0.2, 0) is 4.74 Å². The Bertz CT molecular complexity index is 298. The zero-order valence-electron chi connectivity index (χ0n) is 8.49. The molecule has 2 aliphatic heterocycles. The Morgan fingerprint density at radius 3 is 2.93 bits per heavy atom. The lowest BCUT2D eigenvalue weighted by molar-refractivity contribution is 0.0830. The van der Waals surface area contributed by atoms with E-state index in [1.807, 2.05) is 13.8 Å². The number of aliphatic hydroxyl groups is 1. The van der Waals surface area contributed by atoms with Crippen LogP contribution < -0.4 is 0 Å². The molecular formula is C10H15NO3. The summed E-state index contributed by atoms with van der Waals surface area (Å²) in [7, 11) is 0. The number of carbonyl (C=O) groups is 1. The lowest BCUT2D eigenvalue weighted by Gasteiger charge is -2.17. The average molecular weight is 197 g/mol. The fourth-order valence-electron chi connectivity index (χ4n) is 2.37. The zero-order chi connectivity index (χ0) is 10.3. The van der Waals surface area contributed by atoms with Gasteiger partial charge in [0.15, 0.2) is 0 Å². The molecule has 2 heterocycles. The number of amides is 1. The van der Waals surface area contributed by atoms with Gasteiger partial charge < -0.3 is 9.84 Å². The molecule has 1 saturated heterocycles. The molecule has 1 fully saturated rings. The van der Waals surface area contributed by atoms with Gasteiger partial charge in [-0.1, -0.05) is 12.5 Å². The van der Waals surface area contributed by atoms with Gasteiger partial charge in [0, 0.05) is 5.70 Å². The summed E-state index contributed by atoms with van der Waals surface area (Å²) >= 11 is 0. The zero-order valence-corrected chi connectivity index (χ0v) is 8.49. The summed E-state index contributed by atoms with van der Waals surface area (Å²) in [5, 5.41) is 9.05. The first-order valence-corrected chi connectivity index (χ1v) is 4.98. The first-order chi connectivity index (χ1) is 6.69. The number of cyclic esters (lactones) is 1. The van der Waals surface area contributed by atoms with Crippen LogP contribution in [0.25, 0.3) is 0 Å². The molecule has 0 radical (unpaired) electrons. The molecule has 2 rings (SSSR count). The van der Waals surface area contributed by atoms with Gasteiger partial charge in [-0.3, -0.25) is 4.90 Å². The summed E-state index contributed by atoms with van der Waals surface area (Å²) in [6.07, 6.45) is 1.03. The van der Waals surface area contributed by atoms with Crippen molar-refractivity contribution in [3.63, 3.8) is 0 Å². The molecule has 0 aromatic carbocycles. The largest absolute Gasteiger partial charge is 0.441 e. The molecule has 1 amide bonds. The molecule has 4 nitrogen and oxygen atoms in total. The average Bonchev–Trinajstić information content (AvgIpc) is 2.63. The maximum absolute atomic E-state index is 11.5. The number of nitrogens with zero attached hydrogens (tertiary/aromatic N) is 1. The van der Waals surface area contributed by atoms with Crippen LogP contribution >= 0.6 is 0 Å². The minimum atomic E-state index is -0.346. The van der Waals surface area contributed by atoms with E-state index in [1.54, 1.807) is 4.90 Å². The number of ether oxygens (including phenoxy) is 1. The van der Waals surface area contributed by atoms with Crippen molar-refractivity contribution < 1.29 is 14.6 Å². The summed E-state index contributed by atoms with van der Waals surface area (Å²) in [6, 6.07) is 0.0300. The maximum atomic E-state index is 11.5. The fraction of sp³-hybridized carbons (Fsp3) is 0.700. The Morgan fingerprint density at radius 1 is 1.64 bits per heavy atom. The Hall–Kier alpha value is -1.03. The summed E-state index contributed by atoms with van der Waals surface area (Å²) in [5.74, 6) is 0. The van der Waals surface area contributed by atoms with Gasteiger partial charge >= 0.3 is 6.09 Å². The van der Waals surface area contributed by atoms with E-state index in [2.05, 4.69) is 0 Å². The smallest absolute Gasteiger partial charge is 0.414 e. The van der Waals surface area contributed by atoms with Crippen LogP contribution in [0, 0.1) is 0 Å². The Morgan fingerprint density at radius 2 is 2.36 bits per heavy atom. The molecule has 2 atom stereocenters. The van der Waals surface area contributed by atoms with Crippen molar-refractivity contribution in [3.8, 4) is 0 Å². The Kier molecular flexibility index (Phi) is 2.23. The van der Waals surface area contributed by atoms with Crippen LogP contribution in [0.15, 0.2) is 11.3 Å². The third kappa shape index (κ3) is 1.14. The highest BCUT2D eigenvalue weighted by Gasteiger charge is 2.46. The summed E-state index contributed by atoms with van der Waals surface area (Å²) < 4.78 is 5.06.